The molecule has 0 radical (unpaired) electrons. The summed E-state index contributed by atoms with van der Waals surface area (Å²) in [5, 5.41) is 24.4. The van der Waals surface area contributed by atoms with Gasteiger partial charge >= 0.3 is 0 Å². The minimum atomic E-state index is -0.653. The highest BCUT2D eigenvalue weighted by molar-refractivity contribution is 6.44. The number of carbonyl (C=O) groups excluding carboxylic acids is 1. The zero-order valence-electron chi connectivity index (χ0n) is 11.7. The van der Waals surface area contributed by atoms with Crippen molar-refractivity contribution >= 4 is 40.5 Å². The Labute approximate surface area is 142 Å². The molecule has 3 N–H and O–H groups in total. The Morgan fingerprint density at radius 1 is 1.13 bits per heavy atom. The van der Waals surface area contributed by atoms with E-state index in [2.05, 4.69) is 10.6 Å². The molecule has 0 aliphatic heterocycles. The predicted molar refractivity (Wildman–Crippen MR) is 90.5 cm³/mol. The lowest BCUT2D eigenvalue weighted by Crippen LogP contribution is -2.14. The average Bonchev–Trinajstić information content (AvgIpc) is 2.54. The summed E-state index contributed by atoms with van der Waals surface area (Å²) in [6.07, 6.45) is 1.20. The second kappa shape index (κ2) is 7.54. The number of halogens is 2. The van der Waals surface area contributed by atoms with Crippen molar-refractivity contribution in [3.8, 4) is 11.8 Å². The van der Waals surface area contributed by atoms with Gasteiger partial charge in [0.05, 0.1) is 21.4 Å². The fourth-order valence-corrected chi connectivity index (χ4v) is 2.03. The number of phenols is 1. The molecule has 2 aromatic rings. The first-order valence-electron chi connectivity index (χ1n) is 6.43. The van der Waals surface area contributed by atoms with Gasteiger partial charge in [0.2, 0.25) is 0 Å². The number of hydrogen-bond acceptors (Lipinski definition) is 4. The summed E-state index contributed by atoms with van der Waals surface area (Å²) >= 11 is 11.8. The van der Waals surface area contributed by atoms with Gasteiger partial charge in [0.25, 0.3) is 5.91 Å². The first kappa shape index (κ1) is 16.7. The van der Waals surface area contributed by atoms with Crippen LogP contribution in [0.1, 0.15) is 0 Å². The molecule has 0 saturated heterocycles. The summed E-state index contributed by atoms with van der Waals surface area (Å²) in [6.45, 7) is 0. The van der Waals surface area contributed by atoms with E-state index in [1.165, 1.54) is 12.3 Å². The number of benzene rings is 2. The quantitative estimate of drug-likeness (QED) is 0.440. The van der Waals surface area contributed by atoms with E-state index < -0.39 is 5.91 Å². The maximum Gasteiger partial charge on any atom is 0.267 e. The summed E-state index contributed by atoms with van der Waals surface area (Å²) in [5.41, 5.74) is 0.478. The van der Waals surface area contributed by atoms with Crippen LogP contribution in [0.15, 0.2) is 54.2 Å². The predicted octanol–water partition coefficient (Wildman–Crippen LogP) is 4.16. The van der Waals surface area contributed by atoms with Gasteiger partial charge in [-0.1, -0.05) is 41.4 Å². The number of para-hydroxylation sites is 2. The monoisotopic (exact) mass is 347 g/mol. The van der Waals surface area contributed by atoms with Crippen LogP contribution in [-0.4, -0.2) is 11.0 Å². The molecule has 7 heteroatoms. The van der Waals surface area contributed by atoms with Crippen LogP contribution >= 0.6 is 23.2 Å². The molecular formula is C16H11Cl2N3O2. The van der Waals surface area contributed by atoms with Crippen LogP contribution in [-0.2, 0) is 4.79 Å². The number of hydrogen-bond donors (Lipinski definition) is 3. The van der Waals surface area contributed by atoms with Gasteiger partial charge in [-0.15, -0.1) is 0 Å². The summed E-state index contributed by atoms with van der Waals surface area (Å²) < 4.78 is 0. The molecular weight excluding hydrogens is 337 g/mol. The number of phenolic OH excluding ortho intramolecular Hbond substituents is 1. The summed E-state index contributed by atoms with van der Waals surface area (Å²) in [6, 6.07) is 13.0. The Bertz CT molecular complexity index is 813. The minimum absolute atomic E-state index is 0.000617. The lowest BCUT2D eigenvalue weighted by atomic mass is 10.2. The molecule has 0 aliphatic rings. The molecule has 0 aromatic heterocycles. The second-order valence-corrected chi connectivity index (χ2v) is 5.17. The van der Waals surface area contributed by atoms with Crippen molar-refractivity contribution in [3.05, 3.63) is 64.3 Å². The van der Waals surface area contributed by atoms with Gasteiger partial charge in [0, 0.05) is 6.20 Å². The van der Waals surface area contributed by atoms with E-state index in [0.29, 0.717) is 16.4 Å². The van der Waals surface area contributed by atoms with E-state index in [0.717, 1.165) is 0 Å². The highest BCUT2D eigenvalue weighted by atomic mass is 35.5. The Balaban J connectivity index is 2.16. The highest BCUT2D eigenvalue weighted by Crippen LogP contribution is 2.29. The molecule has 0 aliphatic carbocycles. The van der Waals surface area contributed by atoms with Crippen molar-refractivity contribution in [1.82, 2.24) is 0 Å². The van der Waals surface area contributed by atoms with E-state index in [4.69, 9.17) is 28.5 Å². The van der Waals surface area contributed by atoms with E-state index in [1.54, 1.807) is 42.5 Å². The van der Waals surface area contributed by atoms with E-state index >= 15 is 0 Å². The third-order valence-corrected chi connectivity index (χ3v) is 3.66. The number of anilines is 2. The molecule has 0 fully saturated rings. The van der Waals surface area contributed by atoms with E-state index in [-0.39, 0.29) is 16.3 Å². The van der Waals surface area contributed by atoms with Crippen LogP contribution in [0.2, 0.25) is 10.0 Å². The summed E-state index contributed by atoms with van der Waals surface area (Å²) in [5.74, 6) is -0.654. The van der Waals surface area contributed by atoms with Gasteiger partial charge in [-0.05, 0) is 24.3 Å². The molecule has 116 valence electrons. The lowest BCUT2D eigenvalue weighted by molar-refractivity contribution is -0.112. The number of nitrogens with zero attached hydrogens (tertiary/aromatic N) is 1. The summed E-state index contributed by atoms with van der Waals surface area (Å²) in [7, 11) is 0. The van der Waals surface area contributed by atoms with Gasteiger partial charge in [-0.25, -0.2) is 0 Å². The third-order valence-electron chi connectivity index (χ3n) is 2.84. The van der Waals surface area contributed by atoms with E-state index in [1.807, 2.05) is 0 Å². The molecule has 5 nitrogen and oxygen atoms in total. The van der Waals surface area contributed by atoms with Crippen molar-refractivity contribution < 1.29 is 9.90 Å². The number of aromatic hydroxyl groups is 1. The Morgan fingerprint density at radius 2 is 1.83 bits per heavy atom. The SMILES string of the molecule is N#C/C(=C/Nc1ccccc1O)C(=O)Nc1cccc(Cl)c1Cl. The Kier molecular flexibility index (Phi) is 5.47. The number of amides is 1. The largest absolute Gasteiger partial charge is 0.506 e. The van der Waals surface area contributed by atoms with Crippen molar-refractivity contribution in [2.24, 2.45) is 0 Å². The van der Waals surface area contributed by atoms with Crippen molar-refractivity contribution in [3.63, 3.8) is 0 Å². The van der Waals surface area contributed by atoms with Gasteiger partial charge in [-0.3, -0.25) is 4.79 Å². The maximum atomic E-state index is 12.1. The van der Waals surface area contributed by atoms with Gasteiger partial charge < -0.3 is 15.7 Å². The number of carbonyl (C=O) groups is 1. The first-order valence-corrected chi connectivity index (χ1v) is 7.18. The molecule has 23 heavy (non-hydrogen) atoms. The lowest BCUT2D eigenvalue weighted by Gasteiger charge is -2.08. The molecule has 0 saturated carbocycles. The standard InChI is InChI=1S/C16H11Cl2N3O2/c17-11-4-3-6-13(15(11)18)21-16(23)10(8-19)9-20-12-5-1-2-7-14(12)22/h1-7,9,20,22H,(H,21,23)/b10-9-. The average molecular weight is 348 g/mol. The Morgan fingerprint density at radius 3 is 2.52 bits per heavy atom. The molecule has 2 aromatic carbocycles. The number of rotatable bonds is 4. The zero-order chi connectivity index (χ0) is 16.8. The van der Waals surface area contributed by atoms with Gasteiger partial charge in [0.15, 0.2) is 0 Å². The van der Waals surface area contributed by atoms with Crippen LogP contribution < -0.4 is 10.6 Å². The molecule has 0 atom stereocenters. The topological polar surface area (TPSA) is 85.2 Å². The molecule has 0 spiro atoms. The van der Waals surface area contributed by atoms with Crippen molar-refractivity contribution in [1.29, 1.82) is 5.26 Å². The minimum Gasteiger partial charge on any atom is -0.506 e. The number of nitriles is 1. The molecule has 1 amide bonds. The van der Waals surface area contributed by atoms with Gasteiger partial charge in [-0.2, -0.15) is 5.26 Å². The van der Waals surface area contributed by atoms with Crippen LogP contribution in [0.5, 0.6) is 5.75 Å². The maximum absolute atomic E-state index is 12.1. The fourth-order valence-electron chi connectivity index (χ4n) is 1.68. The molecule has 0 heterocycles. The molecule has 0 bridgehead atoms. The van der Waals surface area contributed by atoms with Crippen LogP contribution in [0.3, 0.4) is 0 Å². The van der Waals surface area contributed by atoms with Gasteiger partial charge in [0.1, 0.15) is 17.4 Å². The first-order chi connectivity index (χ1) is 11.0. The van der Waals surface area contributed by atoms with Crippen molar-refractivity contribution in [2.75, 3.05) is 10.6 Å². The highest BCUT2D eigenvalue weighted by Gasteiger charge is 2.12. The zero-order valence-corrected chi connectivity index (χ0v) is 13.2. The third kappa shape index (κ3) is 4.16. The van der Waals surface area contributed by atoms with Crippen LogP contribution in [0, 0.1) is 11.3 Å². The molecule has 0 unspecified atom stereocenters. The van der Waals surface area contributed by atoms with Crippen LogP contribution in [0.25, 0.3) is 0 Å². The van der Waals surface area contributed by atoms with Crippen LogP contribution in [0.4, 0.5) is 11.4 Å². The summed E-state index contributed by atoms with van der Waals surface area (Å²) in [4.78, 5) is 12.1. The Hall–Kier alpha value is -2.68. The smallest absolute Gasteiger partial charge is 0.267 e. The fraction of sp³-hybridized carbons (Fsp3) is 0. The second-order valence-electron chi connectivity index (χ2n) is 4.39. The van der Waals surface area contributed by atoms with E-state index in [9.17, 15) is 9.90 Å². The number of nitrogens with one attached hydrogen (secondary N) is 2. The normalized spacial score (nSPS) is 10.7. The molecule has 2 rings (SSSR count). The van der Waals surface area contributed by atoms with Crippen molar-refractivity contribution in [2.45, 2.75) is 0 Å².